The first kappa shape index (κ1) is 12.0. The van der Waals surface area contributed by atoms with Crippen LogP contribution in [0.25, 0.3) is 0 Å². The van der Waals surface area contributed by atoms with Crippen LogP contribution in [0.4, 0.5) is 0 Å². The van der Waals surface area contributed by atoms with Crippen molar-refractivity contribution in [2.75, 3.05) is 12.4 Å². The third kappa shape index (κ3) is 2.78. The fraction of sp³-hybridized carbons (Fsp3) is 0.538. The number of hydrogen-bond acceptors (Lipinski definition) is 3. The average Bonchev–Trinajstić information content (AvgIpc) is 2.35. The number of hydrogen-bond donors (Lipinski definition) is 2. The number of fused-ring (bicyclic) bond motifs is 1. The lowest BCUT2D eigenvalue weighted by Gasteiger charge is -2.18. The van der Waals surface area contributed by atoms with E-state index in [0.717, 1.165) is 12.0 Å². The Morgan fingerprint density at radius 1 is 1.38 bits per heavy atom. The molecule has 0 aromatic heterocycles. The van der Waals surface area contributed by atoms with Gasteiger partial charge in [0.1, 0.15) is 0 Å². The minimum absolute atomic E-state index is 0.151. The molecule has 2 nitrogen and oxygen atoms in total. The van der Waals surface area contributed by atoms with Crippen molar-refractivity contribution in [2.24, 2.45) is 0 Å². The van der Waals surface area contributed by atoms with Crippen molar-refractivity contribution in [1.29, 1.82) is 0 Å². The van der Waals surface area contributed by atoms with Gasteiger partial charge < -0.3 is 10.2 Å². The SMILES string of the molecule is OCCCC(O)c1ccc2c(c1)CCCS2. The second-order valence-corrected chi connectivity index (χ2v) is 5.34. The van der Waals surface area contributed by atoms with Gasteiger partial charge in [0.25, 0.3) is 0 Å². The average molecular weight is 238 g/mol. The molecule has 0 spiro atoms. The van der Waals surface area contributed by atoms with Crippen molar-refractivity contribution >= 4 is 11.8 Å². The summed E-state index contributed by atoms with van der Waals surface area (Å²) < 4.78 is 0. The zero-order chi connectivity index (χ0) is 11.4. The van der Waals surface area contributed by atoms with Gasteiger partial charge in [-0.2, -0.15) is 0 Å². The summed E-state index contributed by atoms with van der Waals surface area (Å²) in [5.41, 5.74) is 2.37. The lowest BCUT2D eigenvalue weighted by Crippen LogP contribution is -2.03. The van der Waals surface area contributed by atoms with Gasteiger partial charge in [0.2, 0.25) is 0 Å². The van der Waals surface area contributed by atoms with Crippen molar-refractivity contribution in [1.82, 2.24) is 0 Å². The van der Waals surface area contributed by atoms with Gasteiger partial charge in [0.15, 0.2) is 0 Å². The molecule has 2 N–H and O–H groups in total. The Bertz CT molecular complexity index is 352. The third-order valence-electron chi connectivity index (χ3n) is 2.95. The maximum atomic E-state index is 9.94. The molecule has 1 aromatic carbocycles. The molecule has 1 aliphatic rings. The molecule has 1 aromatic rings. The van der Waals surface area contributed by atoms with Crippen LogP contribution in [0.2, 0.25) is 0 Å². The zero-order valence-electron chi connectivity index (χ0n) is 9.35. The van der Waals surface area contributed by atoms with Crippen molar-refractivity contribution in [2.45, 2.75) is 36.7 Å². The van der Waals surface area contributed by atoms with E-state index >= 15 is 0 Å². The first-order valence-corrected chi connectivity index (χ1v) is 6.84. The van der Waals surface area contributed by atoms with Gasteiger partial charge in [-0.1, -0.05) is 12.1 Å². The summed E-state index contributed by atoms with van der Waals surface area (Å²) in [4.78, 5) is 1.37. The second kappa shape index (κ2) is 5.71. The van der Waals surface area contributed by atoms with E-state index in [1.54, 1.807) is 0 Å². The largest absolute Gasteiger partial charge is 0.396 e. The third-order valence-corrected chi connectivity index (χ3v) is 4.16. The molecule has 0 radical (unpaired) electrons. The van der Waals surface area contributed by atoms with Crippen LogP contribution in [0, 0.1) is 0 Å². The van der Waals surface area contributed by atoms with Gasteiger partial charge in [0, 0.05) is 11.5 Å². The minimum atomic E-state index is -0.427. The first-order chi connectivity index (χ1) is 7.81. The van der Waals surface area contributed by atoms with E-state index in [4.69, 9.17) is 5.11 Å². The van der Waals surface area contributed by atoms with Gasteiger partial charge in [-0.25, -0.2) is 0 Å². The molecule has 16 heavy (non-hydrogen) atoms. The van der Waals surface area contributed by atoms with E-state index in [1.165, 1.54) is 22.6 Å². The van der Waals surface area contributed by atoms with E-state index < -0.39 is 6.10 Å². The summed E-state index contributed by atoms with van der Waals surface area (Å²) in [5, 5.41) is 18.7. The molecule has 0 fully saturated rings. The second-order valence-electron chi connectivity index (χ2n) is 4.20. The predicted octanol–water partition coefficient (Wildman–Crippen LogP) is 2.53. The Balaban J connectivity index is 2.10. The normalized spacial score (nSPS) is 16.9. The van der Waals surface area contributed by atoms with Gasteiger partial charge in [-0.15, -0.1) is 11.8 Å². The van der Waals surface area contributed by atoms with Gasteiger partial charge in [-0.3, -0.25) is 0 Å². The van der Waals surface area contributed by atoms with Gasteiger partial charge in [-0.05, 0) is 48.6 Å². The van der Waals surface area contributed by atoms with Crippen LogP contribution in [-0.4, -0.2) is 22.6 Å². The summed E-state index contributed by atoms with van der Waals surface area (Å²) in [7, 11) is 0. The lowest BCUT2D eigenvalue weighted by molar-refractivity contribution is 0.151. The number of aryl methyl sites for hydroxylation is 1. The number of aliphatic hydroxyl groups excluding tert-OH is 2. The fourth-order valence-electron chi connectivity index (χ4n) is 2.04. The highest BCUT2D eigenvalue weighted by molar-refractivity contribution is 7.99. The Hall–Kier alpha value is -0.510. The minimum Gasteiger partial charge on any atom is -0.396 e. The Morgan fingerprint density at radius 3 is 3.06 bits per heavy atom. The van der Waals surface area contributed by atoms with E-state index in [9.17, 15) is 5.11 Å². The Labute approximate surface area is 101 Å². The fourth-order valence-corrected chi connectivity index (χ4v) is 3.06. The van der Waals surface area contributed by atoms with Crippen LogP contribution in [0.1, 0.15) is 36.5 Å². The molecular weight excluding hydrogens is 220 g/mol. The van der Waals surface area contributed by atoms with E-state index in [-0.39, 0.29) is 6.61 Å². The van der Waals surface area contributed by atoms with Gasteiger partial charge >= 0.3 is 0 Å². The Kier molecular flexibility index (Phi) is 4.27. The monoisotopic (exact) mass is 238 g/mol. The molecule has 0 amide bonds. The highest BCUT2D eigenvalue weighted by atomic mass is 32.2. The summed E-state index contributed by atoms with van der Waals surface area (Å²) >= 11 is 1.91. The van der Waals surface area contributed by atoms with Crippen LogP contribution in [0.15, 0.2) is 23.1 Å². The molecule has 0 saturated carbocycles. The molecule has 0 bridgehead atoms. The molecule has 1 unspecified atom stereocenters. The number of benzene rings is 1. The molecule has 88 valence electrons. The molecule has 0 saturated heterocycles. The summed E-state index contributed by atoms with van der Waals surface area (Å²) in [6.07, 6.45) is 3.23. The van der Waals surface area contributed by atoms with Crippen LogP contribution in [0.5, 0.6) is 0 Å². The highest BCUT2D eigenvalue weighted by Gasteiger charge is 2.13. The molecule has 1 aliphatic heterocycles. The number of aliphatic hydroxyl groups is 2. The van der Waals surface area contributed by atoms with E-state index in [0.29, 0.717) is 12.8 Å². The first-order valence-electron chi connectivity index (χ1n) is 5.86. The predicted molar refractivity (Wildman–Crippen MR) is 66.8 cm³/mol. The highest BCUT2D eigenvalue weighted by Crippen LogP contribution is 2.32. The summed E-state index contributed by atoms with van der Waals surface area (Å²) in [6, 6.07) is 6.26. The van der Waals surface area contributed by atoms with Crippen LogP contribution < -0.4 is 0 Å². The van der Waals surface area contributed by atoms with Crippen molar-refractivity contribution in [3.8, 4) is 0 Å². The molecular formula is C13H18O2S. The van der Waals surface area contributed by atoms with Crippen molar-refractivity contribution in [3.05, 3.63) is 29.3 Å². The van der Waals surface area contributed by atoms with Crippen molar-refractivity contribution in [3.63, 3.8) is 0 Å². The molecule has 1 atom stereocenters. The molecule has 3 heteroatoms. The smallest absolute Gasteiger partial charge is 0.0791 e. The van der Waals surface area contributed by atoms with E-state index in [1.807, 2.05) is 17.8 Å². The zero-order valence-corrected chi connectivity index (χ0v) is 10.2. The maximum Gasteiger partial charge on any atom is 0.0791 e. The van der Waals surface area contributed by atoms with Crippen LogP contribution in [-0.2, 0) is 6.42 Å². The summed E-state index contributed by atoms with van der Waals surface area (Å²) in [6.45, 7) is 0.151. The number of rotatable bonds is 4. The number of thioether (sulfide) groups is 1. The maximum absolute atomic E-state index is 9.94. The standard InChI is InChI=1S/C13H18O2S/c14-7-1-4-12(15)10-5-6-13-11(9-10)3-2-8-16-13/h5-6,9,12,14-15H,1-4,7-8H2. The van der Waals surface area contributed by atoms with Crippen LogP contribution >= 0.6 is 11.8 Å². The van der Waals surface area contributed by atoms with Crippen LogP contribution in [0.3, 0.4) is 0 Å². The molecule has 1 heterocycles. The lowest BCUT2D eigenvalue weighted by atomic mass is 10.0. The quantitative estimate of drug-likeness (QED) is 0.847. The molecule has 0 aliphatic carbocycles. The Morgan fingerprint density at radius 2 is 2.25 bits per heavy atom. The van der Waals surface area contributed by atoms with E-state index in [2.05, 4.69) is 12.1 Å². The van der Waals surface area contributed by atoms with Crippen molar-refractivity contribution < 1.29 is 10.2 Å². The topological polar surface area (TPSA) is 40.5 Å². The molecule has 2 rings (SSSR count). The van der Waals surface area contributed by atoms with Gasteiger partial charge in [0.05, 0.1) is 6.10 Å². The summed E-state index contributed by atoms with van der Waals surface area (Å²) in [5.74, 6) is 1.21.